The first-order valence-corrected chi connectivity index (χ1v) is 8.42. The number of likely N-dealkylation sites (N-methyl/N-ethyl adjacent to an activating group) is 1. The lowest BCUT2D eigenvalue weighted by Gasteiger charge is -2.36. The lowest BCUT2D eigenvalue weighted by molar-refractivity contribution is -0.123. The summed E-state index contributed by atoms with van der Waals surface area (Å²) >= 11 is 0. The molecule has 124 valence electrons. The number of hydrogen-bond acceptors (Lipinski definition) is 4. The van der Waals surface area contributed by atoms with Gasteiger partial charge in [-0.15, -0.1) is 0 Å². The van der Waals surface area contributed by atoms with Gasteiger partial charge >= 0.3 is 0 Å². The molecule has 2 amide bonds. The first-order chi connectivity index (χ1) is 11.0. The smallest absolute Gasteiger partial charge is 0.251 e. The van der Waals surface area contributed by atoms with Gasteiger partial charge in [0.1, 0.15) is 0 Å². The molecule has 5 nitrogen and oxygen atoms in total. The Morgan fingerprint density at radius 3 is 2.43 bits per heavy atom. The van der Waals surface area contributed by atoms with E-state index in [4.69, 9.17) is 0 Å². The number of hydrogen-bond donors (Lipinski definition) is 0. The summed E-state index contributed by atoms with van der Waals surface area (Å²) in [6, 6.07) is 5.49. The SMILES string of the molecule is CCN1CCN(C2CC(=O)N(c3cccc(C)c3C)C2=O)CC1. The maximum Gasteiger partial charge on any atom is 0.251 e. The average Bonchev–Trinajstić information content (AvgIpc) is 2.85. The fourth-order valence-corrected chi connectivity index (χ4v) is 3.52. The molecule has 1 aromatic rings. The fourth-order valence-electron chi connectivity index (χ4n) is 3.52. The van der Waals surface area contributed by atoms with Crippen molar-refractivity contribution in [1.29, 1.82) is 0 Å². The summed E-state index contributed by atoms with van der Waals surface area (Å²) in [5, 5.41) is 0. The van der Waals surface area contributed by atoms with Crippen LogP contribution < -0.4 is 4.90 Å². The molecule has 2 fully saturated rings. The molecule has 0 saturated carbocycles. The van der Waals surface area contributed by atoms with Crippen molar-refractivity contribution in [1.82, 2.24) is 9.80 Å². The molecule has 0 spiro atoms. The molecule has 1 unspecified atom stereocenters. The minimum absolute atomic E-state index is 0.0614. The lowest BCUT2D eigenvalue weighted by atomic mass is 10.1. The highest BCUT2D eigenvalue weighted by atomic mass is 16.2. The van der Waals surface area contributed by atoms with E-state index in [1.54, 1.807) is 0 Å². The van der Waals surface area contributed by atoms with Crippen molar-refractivity contribution >= 4 is 17.5 Å². The Morgan fingerprint density at radius 1 is 1.09 bits per heavy atom. The molecule has 0 radical (unpaired) electrons. The first-order valence-electron chi connectivity index (χ1n) is 8.42. The number of imide groups is 1. The van der Waals surface area contributed by atoms with Crippen LogP contribution in [0.3, 0.4) is 0 Å². The second-order valence-electron chi connectivity index (χ2n) is 6.48. The molecule has 3 rings (SSSR count). The maximum absolute atomic E-state index is 12.9. The van der Waals surface area contributed by atoms with Gasteiger partial charge in [-0.1, -0.05) is 19.1 Å². The van der Waals surface area contributed by atoms with Crippen molar-refractivity contribution in [2.24, 2.45) is 0 Å². The topological polar surface area (TPSA) is 43.9 Å². The number of anilines is 1. The van der Waals surface area contributed by atoms with Gasteiger partial charge in [0.05, 0.1) is 18.2 Å². The summed E-state index contributed by atoms with van der Waals surface area (Å²) in [5.41, 5.74) is 2.85. The highest BCUT2D eigenvalue weighted by Crippen LogP contribution is 2.30. The molecule has 2 heterocycles. The minimum atomic E-state index is -0.290. The van der Waals surface area contributed by atoms with Crippen molar-refractivity contribution < 1.29 is 9.59 Å². The van der Waals surface area contributed by atoms with Crippen LogP contribution in [0, 0.1) is 13.8 Å². The van der Waals surface area contributed by atoms with Crippen molar-refractivity contribution in [2.45, 2.75) is 33.2 Å². The average molecular weight is 315 g/mol. The van der Waals surface area contributed by atoms with E-state index in [2.05, 4.69) is 16.7 Å². The van der Waals surface area contributed by atoms with Crippen LogP contribution in [0.15, 0.2) is 18.2 Å². The molecule has 2 aliphatic rings. The third kappa shape index (κ3) is 2.91. The van der Waals surface area contributed by atoms with Gasteiger partial charge in [-0.2, -0.15) is 0 Å². The second-order valence-corrected chi connectivity index (χ2v) is 6.48. The Bertz CT molecular complexity index is 621. The van der Waals surface area contributed by atoms with Gasteiger partial charge in [-0.25, -0.2) is 4.90 Å². The van der Waals surface area contributed by atoms with E-state index >= 15 is 0 Å². The van der Waals surface area contributed by atoms with E-state index < -0.39 is 0 Å². The van der Waals surface area contributed by atoms with Crippen molar-refractivity contribution in [3.8, 4) is 0 Å². The maximum atomic E-state index is 12.9. The Hall–Kier alpha value is -1.72. The van der Waals surface area contributed by atoms with E-state index in [0.29, 0.717) is 6.42 Å². The van der Waals surface area contributed by atoms with Gasteiger partial charge < -0.3 is 4.90 Å². The summed E-state index contributed by atoms with van der Waals surface area (Å²) in [4.78, 5) is 31.3. The van der Waals surface area contributed by atoms with Crippen molar-refractivity contribution in [2.75, 3.05) is 37.6 Å². The standard InChI is InChI=1S/C18H25N3O2/c1-4-19-8-10-20(11-9-19)16-12-17(22)21(18(16)23)15-7-5-6-13(2)14(15)3/h5-7,16H,4,8-12H2,1-3H3. The first kappa shape index (κ1) is 16.1. The number of carbonyl (C=O) groups excluding carboxylic acids is 2. The Kier molecular flexibility index (Phi) is 4.50. The quantitative estimate of drug-likeness (QED) is 0.794. The fraction of sp³-hybridized carbons (Fsp3) is 0.556. The van der Waals surface area contributed by atoms with Gasteiger partial charge in [-0.05, 0) is 37.6 Å². The summed E-state index contributed by atoms with van der Waals surface area (Å²) in [5.74, 6) is -0.139. The normalized spacial score (nSPS) is 23.8. The third-order valence-corrected chi connectivity index (χ3v) is 5.23. The summed E-state index contributed by atoms with van der Waals surface area (Å²) in [6.07, 6.45) is 0.304. The molecule has 0 bridgehead atoms. The van der Waals surface area contributed by atoms with E-state index in [-0.39, 0.29) is 17.9 Å². The van der Waals surface area contributed by atoms with Crippen molar-refractivity contribution in [3.63, 3.8) is 0 Å². The highest BCUT2D eigenvalue weighted by Gasteiger charge is 2.43. The van der Waals surface area contributed by atoms with Crippen LogP contribution >= 0.6 is 0 Å². The van der Waals surface area contributed by atoms with Crippen LogP contribution in [0.5, 0.6) is 0 Å². The van der Waals surface area contributed by atoms with Crippen LogP contribution in [0.25, 0.3) is 0 Å². The van der Waals surface area contributed by atoms with Gasteiger partial charge in [0.15, 0.2) is 0 Å². The number of amides is 2. The molecule has 5 heteroatoms. The van der Waals surface area contributed by atoms with Gasteiger partial charge in [0.2, 0.25) is 5.91 Å². The highest BCUT2D eigenvalue weighted by molar-refractivity contribution is 6.22. The van der Waals surface area contributed by atoms with E-state index in [0.717, 1.165) is 49.5 Å². The number of carbonyl (C=O) groups is 2. The minimum Gasteiger partial charge on any atom is -0.301 e. The van der Waals surface area contributed by atoms with Crippen LogP contribution in [-0.2, 0) is 9.59 Å². The number of nitrogens with zero attached hydrogens (tertiary/aromatic N) is 3. The largest absolute Gasteiger partial charge is 0.301 e. The Morgan fingerprint density at radius 2 is 1.78 bits per heavy atom. The van der Waals surface area contributed by atoms with Crippen LogP contribution in [-0.4, -0.2) is 60.4 Å². The van der Waals surface area contributed by atoms with Crippen LogP contribution in [0.1, 0.15) is 24.5 Å². The van der Waals surface area contributed by atoms with E-state index in [9.17, 15) is 9.59 Å². The molecule has 1 aromatic carbocycles. The number of aryl methyl sites for hydroxylation is 1. The van der Waals surface area contributed by atoms with E-state index in [1.165, 1.54) is 4.90 Å². The Labute approximate surface area is 137 Å². The molecule has 0 N–H and O–H groups in total. The molecule has 23 heavy (non-hydrogen) atoms. The molecule has 2 saturated heterocycles. The molecular formula is C18H25N3O2. The molecule has 1 atom stereocenters. The Balaban J connectivity index is 1.79. The molecular weight excluding hydrogens is 290 g/mol. The second kappa shape index (κ2) is 6.42. The molecule has 0 aromatic heterocycles. The predicted molar refractivity (Wildman–Crippen MR) is 90.5 cm³/mol. The predicted octanol–water partition coefficient (Wildman–Crippen LogP) is 1.57. The summed E-state index contributed by atoms with van der Waals surface area (Å²) in [6.45, 7) is 10.8. The summed E-state index contributed by atoms with van der Waals surface area (Å²) in [7, 11) is 0. The van der Waals surface area contributed by atoms with Crippen LogP contribution in [0.4, 0.5) is 5.69 Å². The number of benzene rings is 1. The summed E-state index contributed by atoms with van der Waals surface area (Å²) < 4.78 is 0. The zero-order valence-corrected chi connectivity index (χ0v) is 14.2. The monoisotopic (exact) mass is 315 g/mol. The van der Waals surface area contributed by atoms with Gasteiger partial charge in [0, 0.05) is 26.2 Å². The zero-order valence-electron chi connectivity index (χ0n) is 14.2. The van der Waals surface area contributed by atoms with Gasteiger partial charge in [-0.3, -0.25) is 14.5 Å². The molecule has 0 aliphatic carbocycles. The lowest BCUT2D eigenvalue weighted by Crippen LogP contribution is -2.52. The van der Waals surface area contributed by atoms with E-state index in [1.807, 2.05) is 32.0 Å². The van der Waals surface area contributed by atoms with Crippen LogP contribution in [0.2, 0.25) is 0 Å². The van der Waals surface area contributed by atoms with Crippen molar-refractivity contribution in [3.05, 3.63) is 29.3 Å². The number of piperazine rings is 1. The third-order valence-electron chi connectivity index (χ3n) is 5.23. The molecule has 2 aliphatic heterocycles. The van der Waals surface area contributed by atoms with Gasteiger partial charge in [0.25, 0.3) is 5.91 Å². The number of rotatable bonds is 3. The zero-order chi connectivity index (χ0) is 16.6.